The van der Waals surface area contributed by atoms with Crippen molar-refractivity contribution in [3.8, 4) is 11.4 Å². The maximum absolute atomic E-state index is 13.7. The van der Waals surface area contributed by atoms with Crippen LogP contribution in [-0.4, -0.2) is 21.4 Å². The van der Waals surface area contributed by atoms with Gasteiger partial charge < -0.3 is 11.1 Å². The average molecular weight is 459 g/mol. The third-order valence-corrected chi connectivity index (χ3v) is 7.06. The van der Waals surface area contributed by atoms with E-state index in [1.54, 1.807) is 35.6 Å². The Hall–Kier alpha value is -3.78. The number of hydrogen-bond donors (Lipinski definition) is 2. The van der Waals surface area contributed by atoms with Gasteiger partial charge in [-0.05, 0) is 43.4 Å². The van der Waals surface area contributed by atoms with Crippen LogP contribution >= 0.6 is 11.3 Å². The Labute approximate surface area is 193 Å². The molecule has 0 bridgehead atoms. The summed E-state index contributed by atoms with van der Waals surface area (Å²) in [6, 6.07) is 15.9. The Kier molecular flexibility index (Phi) is 5.51. The number of para-hydroxylation sites is 1. The summed E-state index contributed by atoms with van der Waals surface area (Å²) in [7, 11) is 0. The number of nitrogens with one attached hydrogen (secondary N) is 1. The van der Waals surface area contributed by atoms with Crippen molar-refractivity contribution in [2.24, 2.45) is 5.73 Å². The van der Waals surface area contributed by atoms with Gasteiger partial charge in [-0.3, -0.25) is 19.0 Å². The quantitative estimate of drug-likeness (QED) is 0.475. The molecule has 2 aromatic heterocycles. The van der Waals surface area contributed by atoms with Gasteiger partial charge in [0.05, 0.1) is 16.6 Å². The Bertz CT molecular complexity index is 1440. The van der Waals surface area contributed by atoms with Gasteiger partial charge in [0, 0.05) is 10.4 Å². The molecule has 5 rings (SSSR count). The smallest absolute Gasteiger partial charge is 0.263 e. The molecule has 0 fully saturated rings. The third kappa shape index (κ3) is 3.93. The Morgan fingerprint density at radius 2 is 1.76 bits per heavy atom. The molecule has 0 radical (unpaired) electrons. The van der Waals surface area contributed by atoms with E-state index in [1.165, 1.54) is 9.44 Å². The molecule has 33 heavy (non-hydrogen) atoms. The minimum atomic E-state index is -0.638. The van der Waals surface area contributed by atoms with Crippen LogP contribution in [0, 0.1) is 0 Å². The summed E-state index contributed by atoms with van der Waals surface area (Å²) in [5, 5.41) is 3.35. The first kappa shape index (κ1) is 21.1. The van der Waals surface area contributed by atoms with E-state index in [0.29, 0.717) is 16.9 Å². The molecule has 2 aromatic carbocycles. The van der Waals surface area contributed by atoms with Crippen LogP contribution in [0.5, 0.6) is 0 Å². The van der Waals surface area contributed by atoms with Crippen molar-refractivity contribution in [3.63, 3.8) is 0 Å². The van der Waals surface area contributed by atoms with Crippen molar-refractivity contribution in [2.45, 2.75) is 32.2 Å². The minimum Gasteiger partial charge on any atom is -0.366 e. The molecule has 0 saturated carbocycles. The lowest BCUT2D eigenvalue weighted by atomic mass is 9.97. The molecule has 166 valence electrons. The number of aromatic nitrogens is 2. The lowest BCUT2D eigenvalue weighted by Gasteiger charge is -2.15. The van der Waals surface area contributed by atoms with Gasteiger partial charge in [-0.25, -0.2) is 4.98 Å². The summed E-state index contributed by atoms with van der Waals surface area (Å²) in [5.41, 5.74) is 7.57. The van der Waals surface area contributed by atoms with Gasteiger partial charge in [-0.2, -0.15) is 0 Å². The van der Waals surface area contributed by atoms with Crippen LogP contribution in [0.1, 0.15) is 33.6 Å². The summed E-state index contributed by atoms with van der Waals surface area (Å²) in [6.45, 7) is -0.232. The molecule has 1 aliphatic rings. The number of rotatable bonds is 5. The molecule has 0 atom stereocenters. The zero-order chi connectivity index (χ0) is 22.9. The number of anilines is 1. The van der Waals surface area contributed by atoms with Crippen molar-refractivity contribution in [3.05, 3.63) is 81.0 Å². The first-order valence-electron chi connectivity index (χ1n) is 10.8. The first-order chi connectivity index (χ1) is 16.0. The topological polar surface area (TPSA) is 107 Å². The van der Waals surface area contributed by atoms with Gasteiger partial charge in [0.2, 0.25) is 5.91 Å². The standard InChI is InChI=1S/C25H22N4O3S/c26-22(31)16-10-4-6-12-18(16)27-20(30)14-29-23(15-8-2-1-3-9-15)28-24-21(25(29)32)17-11-5-7-13-19(17)33-24/h1-4,6,8-10,12H,5,7,11,13-14H2,(H2,26,31)(H,27,30). The highest BCUT2D eigenvalue weighted by Crippen LogP contribution is 2.34. The molecule has 0 aliphatic heterocycles. The van der Waals surface area contributed by atoms with E-state index in [-0.39, 0.29) is 17.7 Å². The summed E-state index contributed by atoms with van der Waals surface area (Å²) >= 11 is 1.58. The molecule has 4 aromatic rings. The van der Waals surface area contributed by atoms with E-state index in [0.717, 1.165) is 41.6 Å². The van der Waals surface area contributed by atoms with E-state index < -0.39 is 11.8 Å². The average Bonchev–Trinajstić information content (AvgIpc) is 3.20. The van der Waals surface area contributed by atoms with Gasteiger partial charge in [0.25, 0.3) is 11.5 Å². The van der Waals surface area contributed by atoms with Crippen LogP contribution in [0.25, 0.3) is 21.6 Å². The van der Waals surface area contributed by atoms with Gasteiger partial charge in [-0.1, -0.05) is 42.5 Å². The second kappa shape index (κ2) is 8.63. The largest absolute Gasteiger partial charge is 0.366 e. The summed E-state index contributed by atoms with van der Waals surface area (Å²) in [5.74, 6) is -0.626. The van der Waals surface area contributed by atoms with Crippen LogP contribution in [0.4, 0.5) is 5.69 Å². The van der Waals surface area contributed by atoms with Crippen molar-refractivity contribution >= 4 is 39.1 Å². The van der Waals surface area contributed by atoms with Gasteiger partial charge in [0.1, 0.15) is 17.2 Å². The first-order valence-corrected chi connectivity index (χ1v) is 11.6. The molecule has 0 unspecified atom stereocenters. The van der Waals surface area contributed by atoms with Crippen LogP contribution in [0.2, 0.25) is 0 Å². The van der Waals surface area contributed by atoms with Crippen molar-refractivity contribution in [1.82, 2.24) is 9.55 Å². The number of amides is 2. The lowest BCUT2D eigenvalue weighted by Crippen LogP contribution is -2.30. The van der Waals surface area contributed by atoms with Crippen molar-refractivity contribution in [2.75, 3.05) is 5.32 Å². The van der Waals surface area contributed by atoms with E-state index in [1.807, 2.05) is 30.3 Å². The van der Waals surface area contributed by atoms with Crippen LogP contribution in [0.15, 0.2) is 59.4 Å². The van der Waals surface area contributed by atoms with E-state index in [2.05, 4.69) is 5.32 Å². The zero-order valence-electron chi connectivity index (χ0n) is 17.8. The molecule has 1 aliphatic carbocycles. The number of carbonyl (C=O) groups excluding carboxylic acids is 2. The maximum Gasteiger partial charge on any atom is 0.263 e. The Balaban J connectivity index is 1.60. The summed E-state index contributed by atoms with van der Waals surface area (Å²) in [4.78, 5) is 45.2. The monoisotopic (exact) mass is 458 g/mol. The molecule has 0 spiro atoms. The molecule has 7 nitrogen and oxygen atoms in total. The predicted octanol–water partition coefficient (Wildman–Crippen LogP) is 3.74. The van der Waals surface area contributed by atoms with E-state index in [9.17, 15) is 14.4 Å². The molecule has 0 saturated heterocycles. The number of thiophene rings is 1. The van der Waals surface area contributed by atoms with Gasteiger partial charge >= 0.3 is 0 Å². The van der Waals surface area contributed by atoms with E-state index >= 15 is 0 Å². The molecule has 8 heteroatoms. The fraction of sp³-hybridized carbons (Fsp3) is 0.200. The fourth-order valence-electron chi connectivity index (χ4n) is 4.33. The van der Waals surface area contributed by atoms with Gasteiger partial charge in [-0.15, -0.1) is 11.3 Å². The SMILES string of the molecule is NC(=O)c1ccccc1NC(=O)Cn1c(-c2ccccc2)nc2sc3c(c2c1=O)CCCC3. The molecule has 3 N–H and O–H groups in total. The molecular weight excluding hydrogens is 436 g/mol. The third-order valence-electron chi connectivity index (χ3n) is 5.88. The maximum atomic E-state index is 13.7. The van der Waals surface area contributed by atoms with Crippen molar-refractivity contribution in [1.29, 1.82) is 0 Å². The molecule has 2 amide bonds. The van der Waals surface area contributed by atoms with Crippen molar-refractivity contribution < 1.29 is 9.59 Å². The lowest BCUT2D eigenvalue weighted by molar-refractivity contribution is -0.116. The van der Waals surface area contributed by atoms with Crippen LogP contribution in [0.3, 0.4) is 0 Å². The molecular formula is C25H22N4O3S. The second-order valence-corrected chi connectivity index (χ2v) is 9.13. The van der Waals surface area contributed by atoms with Crippen LogP contribution in [-0.2, 0) is 24.2 Å². The highest BCUT2D eigenvalue weighted by Gasteiger charge is 2.23. The number of fused-ring (bicyclic) bond motifs is 3. The fourth-order valence-corrected chi connectivity index (χ4v) is 5.58. The normalized spacial score (nSPS) is 13.0. The summed E-state index contributed by atoms with van der Waals surface area (Å²) < 4.78 is 1.43. The number of nitrogens with two attached hydrogens (primary N) is 1. The number of nitrogens with zero attached hydrogens (tertiary/aromatic N) is 2. The summed E-state index contributed by atoms with van der Waals surface area (Å²) in [6.07, 6.45) is 3.97. The number of carbonyl (C=O) groups is 2. The highest BCUT2D eigenvalue weighted by molar-refractivity contribution is 7.18. The minimum absolute atomic E-state index is 0.210. The van der Waals surface area contributed by atoms with E-state index in [4.69, 9.17) is 10.7 Å². The second-order valence-electron chi connectivity index (χ2n) is 8.04. The number of primary amides is 1. The number of benzene rings is 2. The van der Waals surface area contributed by atoms with Gasteiger partial charge in [0.15, 0.2) is 0 Å². The zero-order valence-corrected chi connectivity index (χ0v) is 18.7. The number of hydrogen-bond acceptors (Lipinski definition) is 5. The number of aryl methyl sites for hydroxylation is 2. The Morgan fingerprint density at radius 3 is 2.55 bits per heavy atom. The Morgan fingerprint density at radius 1 is 1.03 bits per heavy atom. The molecule has 2 heterocycles. The van der Waals surface area contributed by atoms with Crippen LogP contribution < -0.4 is 16.6 Å². The predicted molar refractivity (Wildman–Crippen MR) is 130 cm³/mol. The highest BCUT2D eigenvalue weighted by atomic mass is 32.1.